The Morgan fingerprint density at radius 2 is 1.71 bits per heavy atom. The number of anilines is 2. The first-order valence-corrected chi connectivity index (χ1v) is 12.8. The molecular weight excluding hydrogens is 493 g/mol. The predicted octanol–water partition coefficient (Wildman–Crippen LogP) is 5.22. The van der Waals surface area contributed by atoms with Crippen LogP contribution in [0.15, 0.2) is 55.0 Å². The Kier molecular flexibility index (Phi) is 6.52. The van der Waals surface area contributed by atoms with Gasteiger partial charge in [0, 0.05) is 17.9 Å². The van der Waals surface area contributed by atoms with Crippen molar-refractivity contribution in [2.24, 2.45) is 0 Å². The molecule has 0 amide bonds. The number of aromatic nitrogens is 6. The minimum absolute atomic E-state index is 0.0619. The Balaban J connectivity index is 1.30. The van der Waals surface area contributed by atoms with E-state index >= 15 is 0 Å². The van der Waals surface area contributed by atoms with Crippen LogP contribution in [-0.2, 0) is 19.0 Å². The molecule has 4 heterocycles. The zero-order valence-electron chi connectivity index (χ0n) is 20.7. The summed E-state index contributed by atoms with van der Waals surface area (Å²) < 4.78 is 41.9. The van der Waals surface area contributed by atoms with Gasteiger partial charge in [-0.1, -0.05) is 12.1 Å². The first-order chi connectivity index (χ1) is 18.4. The lowest BCUT2D eigenvalue weighted by molar-refractivity contribution is -0.144. The number of alkyl halides is 3. The van der Waals surface area contributed by atoms with Crippen LogP contribution in [-0.4, -0.2) is 53.7 Å². The van der Waals surface area contributed by atoms with Crippen molar-refractivity contribution in [3.05, 3.63) is 71.9 Å². The van der Waals surface area contributed by atoms with E-state index in [1.807, 2.05) is 12.1 Å². The summed E-state index contributed by atoms with van der Waals surface area (Å²) >= 11 is 0. The fraction of sp³-hybridized carbons (Fsp3) is 0.370. The second-order valence-electron chi connectivity index (χ2n) is 9.73. The summed E-state index contributed by atoms with van der Waals surface area (Å²) in [6, 6.07) is 13.3. The van der Waals surface area contributed by atoms with Crippen molar-refractivity contribution in [1.82, 2.24) is 34.6 Å². The van der Waals surface area contributed by atoms with Crippen molar-refractivity contribution in [3.63, 3.8) is 0 Å². The van der Waals surface area contributed by atoms with Gasteiger partial charge < -0.3 is 10.2 Å². The van der Waals surface area contributed by atoms with E-state index < -0.39 is 12.0 Å². The molecule has 38 heavy (non-hydrogen) atoms. The molecule has 8 nitrogen and oxygen atoms in total. The van der Waals surface area contributed by atoms with Gasteiger partial charge in [0.1, 0.15) is 6.33 Å². The summed E-state index contributed by atoms with van der Waals surface area (Å²) in [6.45, 7) is 2.36. The normalized spacial score (nSPS) is 18.2. The number of aryl methyl sites for hydroxylation is 2. The predicted molar refractivity (Wildman–Crippen MR) is 136 cm³/mol. The summed E-state index contributed by atoms with van der Waals surface area (Å²) in [4.78, 5) is 19.0. The van der Waals surface area contributed by atoms with Crippen LogP contribution in [0.4, 0.5) is 24.8 Å². The van der Waals surface area contributed by atoms with Crippen LogP contribution in [0.25, 0.3) is 17.2 Å². The van der Waals surface area contributed by atoms with Crippen LogP contribution >= 0.6 is 0 Å². The molecule has 1 fully saturated rings. The molecule has 1 aliphatic carbocycles. The number of rotatable bonds is 5. The Morgan fingerprint density at radius 1 is 0.895 bits per heavy atom. The van der Waals surface area contributed by atoms with E-state index in [1.54, 1.807) is 30.5 Å². The SMILES string of the molecule is FC(F)(F)c1nc(Nc2ccc3c(c2)CCC(N2CCCC2)CC3)n(-c2cccc(-c3ccncn3)n2)n1. The largest absolute Gasteiger partial charge is 0.453 e. The highest BCUT2D eigenvalue weighted by Gasteiger charge is 2.37. The Labute approximate surface area is 218 Å². The Morgan fingerprint density at radius 3 is 2.47 bits per heavy atom. The molecule has 2 aliphatic rings. The van der Waals surface area contributed by atoms with Gasteiger partial charge in [0.25, 0.3) is 5.82 Å². The van der Waals surface area contributed by atoms with Gasteiger partial charge in [-0.2, -0.15) is 22.8 Å². The first kappa shape index (κ1) is 24.5. The van der Waals surface area contributed by atoms with Crippen LogP contribution in [0, 0.1) is 0 Å². The van der Waals surface area contributed by atoms with Crippen LogP contribution in [0.1, 0.15) is 42.6 Å². The number of hydrogen-bond donors (Lipinski definition) is 1. The van der Waals surface area contributed by atoms with E-state index in [1.165, 1.54) is 43.4 Å². The molecule has 0 radical (unpaired) electrons. The molecule has 4 aromatic rings. The molecule has 1 atom stereocenters. The van der Waals surface area contributed by atoms with Crippen LogP contribution in [0.3, 0.4) is 0 Å². The molecule has 1 aliphatic heterocycles. The molecule has 6 rings (SSSR count). The van der Waals surface area contributed by atoms with E-state index in [0.717, 1.165) is 30.4 Å². The number of nitrogens with one attached hydrogen (secondary N) is 1. The lowest BCUT2D eigenvalue weighted by atomic mass is 10.0. The third kappa shape index (κ3) is 5.10. The van der Waals surface area contributed by atoms with Gasteiger partial charge >= 0.3 is 6.18 Å². The standard InChI is InChI=1S/C27H27F3N8/c28-27(29,30)25-35-26(38(36-25)24-5-3-4-23(34-24)22-12-13-31-17-32-22)33-20-9-6-18-7-10-21(11-8-19(18)16-20)37-14-1-2-15-37/h3-6,9,12-13,16-17,21H,1-2,7-8,10-11,14-15H2,(H,33,35,36). The van der Waals surface area contributed by atoms with Crippen LogP contribution < -0.4 is 5.32 Å². The molecule has 1 N–H and O–H groups in total. The maximum atomic E-state index is 13.6. The lowest BCUT2D eigenvalue weighted by Gasteiger charge is -2.25. The average Bonchev–Trinajstić information content (AvgIpc) is 3.56. The third-order valence-electron chi connectivity index (χ3n) is 7.27. The van der Waals surface area contributed by atoms with E-state index in [-0.39, 0.29) is 11.8 Å². The molecular formula is C27H27F3N8. The molecule has 1 aromatic carbocycles. The number of likely N-dealkylation sites (tertiary alicyclic amines) is 1. The maximum Gasteiger partial charge on any atom is 0.453 e. The summed E-state index contributed by atoms with van der Waals surface area (Å²) in [5, 5.41) is 6.83. The number of halogens is 3. The van der Waals surface area contributed by atoms with Gasteiger partial charge in [-0.25, -0.2) is 15.0 Å². The monoisotopic (exact) mass is 520 g/mol. The number of fused-ring (bicyclic) bond motifs is 1. The second-order valence-corrected chi connectivity index (χ2v) is 9.73. The number of benzene rings is 1. The van der Waals surface area contributed by atoms with Gasteiger partial charge in [-0.3, -0.25) is 0 Å². The minimum atomic E-state index is -4.70. The van der Waals surface area contributed by atoms with Crippen LogP contribution in [0.2, 0.25) is 0 Å². The Bertz CT molecular complexity index is 1410. The molecule has 11 heteroatoms. The summed E-state index contributed by atoms with van der Waals surface area (Å²) in [5.41, 5.74) is 4.22. The first-order valence-electron chi connectivity index (χ1n) is 12.8. The molecule has 0 bridgehead atoms. The molecule has 1 saturated heterocycles. The topological polar surface area (TPSA) is 84.7 Å². The zero-order chi connectivity index (χ0) is 26.1. The second kappa shape index (κ2) is 10.1. The average molecular weight is 521 g/mol. The van der Waals surface area contributed by atoms with E-state index in [9.17, 15) is 13.2 Å². The van der Waals surface area contributed by atoms with Gasteiger partial charge in [-0.15, -0.1) is 5.10 Å². The van der Waals surface area contributed by atoms with Gasteiger partial charge in [0.2, 0.25) is 5.95 Å². The Hall–Kier alpha value is -3.86. The highest BCUT2D eigenvalue weighted by atomic mass is 19.4. The zero-order valence-corrected chi connectivity index (χ0v) is 20.7. The van der Waals surface area contributed by atoms with Crippen molar-refractivity contribution in [3.8, 4) is 17.2 Å². The van der Waals surface area contributed by atoms with Crippen molar-refractivity contribution in [2.75, 3.05) is 18.4 Å². The fourth-order valence-electron chi connectivity index (χ4n) is 5.37. The highest BCUT2D eigenvalue weighted by molar-refractivity contribution is 5.59. The van der Waals surface area contributed by atoms with Gasteiger partial charge in [0.05, 0.1) is 11.4 Å². The molecule has 1 unspecified atom stereocenters. The number of hydrogen-bond acceptors (Lipinski definition) is 7. The van der Waals surface area contributed by atoms with E-state index in [4.69, 9.17) is 0 Å². The minimum Gasteiger partial charge on any atom is -0.324 e. The fourth-order valence-corrected chi connectivity index (χ4v) is 5.37. The van der Waals surface area contributed by atoms with Crippen molar-refractivity contribution in [2.45, 2.75) is 50.7 Å². The molecule has 3 aromatic heterocycles. The molecule has 0 saturated carbocycles. The smallest absolute Gasteiger partial charge is 0.324 e. The molecule has 196 valence electrons. The summed E-state index contributed by atoms with van der Waals surface area (Å²) in [5.74, 6) is -1.11. The van der Waals surface area contributed by atoms with E-state index in [0.29, 0.717) is 23.1 Å². The van der Waals surface area contributed by atoms with Crippen molar-refractivity contribution < 1.29 is 13.2 Å². The van der Waals surface area contributed by atoms with Gasteiger partial charge in [0.15, 0.2) is 5.82 Å². The van der Waals surface area contributed by atoms with E-state index in [2.05, 4.69) is 41.3 Å². The number of nitrogens with zero attached hydrogens (tertiary/aromatic N) is 7. The van der Waals surface area contributed by atoms with Gasteiger partial charge in [-0.05, 0) is 93.1 Å². The lowest BCUT2D eigenvalue weighted by Crippen LogP contribution is -2.32. The van der Waals surface area contributed by atoms with Crippen LogP contribution in [0.5, 0.6) is 0 Å². The quantitative estimate of drug-likeness (QED) is 0.361. The third-order valence-corrected chi connectivity index (χ3v) is 7.27. The molecule has 0 spiro atoms. The highest BCUT2D eigenvalue weighted by Crippen LogP contribution is 2.32. The summed E-state index contributed by atoms with van der Waals surface area (Å²) in [7, 11) is 0. The number of pyridine rings is 1. The van der Waals surface area contributed by atoms with Crippen molar-refractivity contribution in [1.29, 1.82) is 0 Å². The summed E-state index contributed by atoms with van der Waals surface area (Å²) in [6.07, 6.45) is 4.97. The maximum absolute atomic E-state index is 13.6. The van der Waals surface area contributed by atoms with Crippen molar-refractivity contribution >= 4 is 11.6 Å².